The molecule has 0 spiro atoms. The van der Waals surface area contributed by atoms with Crippen molar-refractivity contribution in [3.05, 3.63) is 70.0 Å². The van der Waals surface area contributed by atoms with Crippen molar-refractivity contribution >= 4 is 23.2 Å². The highest BCUT2D eigenvalue weighted by Gasteiger charge is 2.20. The SMILES string of the molecule is Fc1ccc(C(Cl)c2ccc(Cl)cc2)c(F)c1F. The third kappa shape index (κ3) is 2.47. The molecule has 0 fully saturated rings. The van der Waals surface area contributed by atoms with E-state index < -0.39 is 22.8 Å². The van der Waals surface area contributed by atoms with Crippen LogP contribution in [0.25, 0.3) is 0 Å². The summed E-state index contributed by atoms with van der Waals surface area (Å²) in [5.41, 5.74) is 0.434. The second-order valence-electron chi connectivity index (χ2n) is 3.68. The molecule has 0 saturated carbocycles. The predicted molar refractivity (Wildman–Crippen MR) is 65.5 cm³/mol. The molecule has 0 bridgehead atoms. The van der Waals surface area contributed by atoms with E-state index in [1.54, 1.807) is 24.3 Å². The van der Waals surface area contributed by atoms with Gasteiger partial charge in [-0.1, -0.05) is 29.8 Å². The Bertz CT molecular complexity index is 567. The smallest absolute Gasteiger partial charge is 0.194 e. The van der Waals surface area contributed by atoms with Crippen molar-refractivity contribution in [3.63, 3.8) is 0 Å². The maximum Gasteiger partial charge on any atom is 0.194 e. The first-order valence-corrected chi connectivity index (χ1v) is 5.85. The highest BCUT2D eigenvalue weighted by molar-refractivity contribution is 6.30. The number of hydrogen-bond donors (Lipinski definition) is 0. The zero-order valence-corrected chi connectivity index (χ0v) is 10.4. The largest absolute Gasteiger partial charge is 0.204 e. The van der Waals surface area contributed by atoms with Gasteiger partial charge in [0.05, 0.1) is 5.38 Å². The fourth-order valence-corrected chi connectivity index (χ4v) is 1.99. The average Bonchev–Trinajstić information content (AvgIpc) is 2.36. The van der Waals surface area contributed by atoms with Crippen molar-refractivity contribution in [1.82, 2.24) is 0 Å². The second kappa shape index (κ2) is 5.21. The Balaban J connectivity index is 2.43. The third-order valence-corrected chi connectivity index (χ3v) is 3.24. The first kappa shape index (κ1) is 13.2. The molecule has 0 N–H and O–H groups in total. The summed E-state index contributed by atoms with van der Waals surface area (Å²) >= 11 is 11.8. The fraction of sp³-hybridized carbons (Fsp3) is 0.0769. The first-order valence-electron chi connectivity index (χ1n) is 5.03. The molecule has 2 aromatic carbocycles. The molecule has 2 aromatic rings. The Morgan fingerprint density at radius 3 is 2.06 bits per heavy atom. The van der Waals surface area contributed by atoms with Crippen LogP contribution in [0, 0.1) is 17.5 Å². The Labute approximate surface area is 112 Å². The van der Waals surface area contributed by atoms with Crippen molar-refractivity contribution in [2.45, 2.75) is 5.38 Å². The van der Waals surface area contributed by atoms with E-state index in [1.165, 1.54) is 0 Å². The number of hydrogen-bond acceptors (Lipinski definition) is 0. The normalized spacial score (nSPS) is 12.5. The van der Waals surface area contributed by atoms with Gasteiger partial charge in [-0.3, -0.25) is 0 Å². The number of rotatable bonds is 2. The highest BCUT2D eigenvalue weighted by Crippen LogP contribution is 2.32. The molecule has 0 aliphatic rings. The van der Waals surface area contributed by atoms with Gasteiger partial charge in [0, 0.05) is 10.6 Å². The summed E-state index contributed by atoms with van der Waals surface area (Å²) in [6, 6.07) is 8.34. The van der Waals surface area contributed by atoms with Crippen molar-refractivity contribution in [2.75, 3.05) is 0 Å². The van der Waals surface area contributed by atoms with E-state index in [2.05, 4.69) is 0 Å². The number of benzene rings is 2. The average molecular weight is 291 g/mol. The van der Waals surface area contributed by atoms with Gasteiger partial charge in [-0.25, -0.2) is 13.2 Å². The van der Waals surface area contributed by atoms with Crippen LogP contribution in [0.15, 0.2) is 36.4 Å². The van der Waals surface area contributed by atoms with E-state index in [4.69, 9.17) is 23.2 Å². The van der Waals surface area contributed by atoms with Gasteiger partial charge in [0.15, 0.2) is 17.5 Å². The summed E-state index contributed by atoms with van der Waals surface area (Å²) in [6.07, 6.45) is 0. The van der Waals surface area contributed by atoms with Crippen molar-refractivity contribution in [2.24, 2.45) is 0 Å². The van der Waals surface area contributed by atoms with E-state index in [1.807, 2.05) is 0 Å². The van der Waals surface area contributed by atoms with Gasteiger partial charge in [0.1, 0.15) is 0 Å². The molecule has 2 rings (SSSR count). The van der Waals surface area contributed by atoms with Gasteiger partial charge in [-0.05, 0) is 23.8 Å². The highest BCUT2D eigenvalue weighted by atomic mass is 35.5. The standard InChI is InChI=1S/C13H7Cl2F3/c14-8-3-1-7(2-4-8)11(15)9-5-6-10(16)13(18)12(9)17/h1-6,11H. The Morgan fingerprint density at radius 2 is 1.44 bits per heavy atom. The summed E-state index contributed by atoms with van der Waals surface area (Å²) in [4.78, 5) is 0. The van der Waals surface area contributed by atoms with Crippen LogP contribution in [0.5, 0.6) is 0 Å². The zero-order valence-electron chi connectivity index (χ0n) is 8.93. The molecule has 1 unspecified atom stereocenters. The van der Waals surface area contributed by atoms with Gasteiger partial charge in [-0.15, -0.1) is 11.6 Å². The van der Waals surface area contributed by atoms with E-state index in [-0.39, 0.29) is 5.56 Å². The molecule has 0 amide bonds. The summed E-state index contributed by atoms with van der Waals surface area (Å²) in [5.74, 6) is -4.03. The van der Waals surface area contributed by atoms with Crippen molar-refractivity contribution < 1.29 is 13.2 Å². The van der Waals surface area contributed by atoms with E-state index in [0.717, 1.165) is 12.1 Å². The minimum absolute atomic E-state index is 0.113. The lowest BCUT2D eigenvalue weighted by Crippen LogP contribution is -2.01. The van der Waals surface area contributed by atoms with Gasteiger partial charge in [0.2, 0.25) is 0 Å². The molecule has 94 valence electrons. The molecule has 0 aromatic heterocycles. The third-order valence-electron chi connectivity index (χ3n) is 2.50. The molecule has 0 aliphatic carbocycles. The predicted octanol–water partition coefficient (Wildman–Crippen LogP) is 5.09. The van der Waals surface area contributed by atoms with E-state index >= 15 is 0 Å². The van der Waals surface area contributed by atoms with Crippen LogP contribution >= 0.6 is 23.2 Å². The molecule has 0 aliphatic heterocycles. The van der Waals surface area contributed by atoms with Crippen LogP contribution in [0.4, 0.5) is 13.2 Å². The van der Waals surface area contributed by atoms with Crippen molar-refractivity contribution in [1.29, 1.82) is 0 Å². The monoisotopic (exact) mass is 290 g/mol. The van der Waals surface area contributed by atoms with Gasteiger partial charge in [0.25, 0.3) is 0 Å². The van der Waals surface area contributed by atoms with Gasteiger partial charge in [-0.2, -0.15) is 0 Å². The van der Waals surface area contributed by atoms with Crippen LogP contribution in [-0.4, -0.2) is 0 Å². The molecule has 0 nitrogen and oxygen atoms in total. The molecule has 5 heteroatoms. The molecule has 0 saturated heterocycles. The maximum absolute atomic E-state index is 13.6. The van der Waals surface area contributed by atoms with Crippen LogP contribution in [0.1, 0.15) is 16.5 Å². The quantitative estimate of drug-likeness (QED) is 0.534. The van der Waals surface area contributed by atoms with Crippen LogP contribution in [-0.2, 0) is 0 Å². The first-order chi connectivity index (χ1) is 8.50. The maximum atomic E-state index is 13.6. The van der Waals surface area contributed by atoms with Crippen LogP contribution in [0.2, 0.25) is 5.02 Å². The van der Waals surface area contributed by atoms with Crippen molar-refractivity contribution in [3.8, 4) is 0 Å². The molecule has 1 atom stereocenters. The van der Waals surface area contributed by atoms with Gasteiger partial charge < -0.3 is 0 Å². The summed E-state index contributed by atoms with van der Waals surface area (Å²) in [6.45, 7) is 0. The lowest BCUT2D eigenvalue weighted by Gasteiger charge is -2.12. The van der Waals surface area contributed by atoms with E-state index in [0.29, 0.717) is 10.6 Å². The summed E-state index contributed by atoms with van der Waals surface area (Å²) < 4.78 is 39.5. The van der Waals surface area contributed by atoms with Crippen LogP contribution < -0.4 is 0 Å². The molecular weight excluding hydrogens is 284 g/mol. The number of halogens is 5. The summed E-state index contributed by atoms with van der Waals surface area (Å²) in [7, 11) is 0. The van der Waals surface area contributed by atoms with Gasteiger partial charge >= 0.3 is 0 Å². The molecule has 0 radical (unpaired) electrons. The molecule has 0 heterocycles. The summed E-state index contributed by atoms with van der Waals surface area (Å²) in [5, 5.41) is -0.397. The van der Waals surface area contributed by atoms with Crippen LogP contribution in [0.3, 0.4) is 0 Å². The Hall–Kier alpha value is -1.19. The molecule has 18 heavy (non-hydrogen) atoms. The number of alkyl halides is 1. The Kier molecular flexibility index (Phi) is 3.83. The minimum atomic E-state index is -1.52. The Morgan fingerprint density at radius 1 is 0.833 bits per heavy atom. The molecular formula is C13H7Cl2F3. The second-order valence-corrected chi connectivity index (χ2v) is 4.55. The topological polar surface area (TPSA) is 0 Å². The fourth-order valence-electron chi connectivity index (χ4n) is 1.55. The van der Waals surface area contributed by atoms with E-state index in [9.17, 15) is 13.2 Å². The zero-order chi connectivity index (χ0) is 13.3. The lowest BCUT2D eigenvalue weighted by molar-refractivity contribution is 0.441. The lowest BCUT2D eigenvalue weighted by atomic mass is 10.0. The minimum Gasteiger partial charge on any atom is -0.204 e.